The fourth-order valence-corrected chi connectivity index (χ4v) is 10.7. The number of rotatable bonds is 50. The van der Waals surface area contributed by atoms with E-state index in [0.29, 0.717) is 25.7 Å². The van der Waals surface area contributed by atoms with E-state index in [1.54, 1.807) is 0 Å². The van der Waals surface area contributed by atoms with E-state index in [0.717, 1.165) is 153 Å². The monoisotopic (exact) mass is 1250 g/mol. The van der Waals surface area contributed by atoms with Crippen LogP contribution < -0.4 is 0 Å². The number of unbranched alkanes of at least 4 members (excludes halogenated alkanes) is 28. The molecular formula is C68H106CaO14S2. The van der Waals surface area contributed by atoms with Crippen LogP contribution in [0.3, 0.4) is 0 Å². The molecule has 2 aromatic carbocycles. The molecule has 0 bridgehead atoms. The number of benzene rings is 2. The van der Waals surface area contributed by atoms with Crippen molar-refractivity contribution in [3.05, 3.63) is 107 Å². The Morgan fingerprint density at radius 3 is 0.765 bits per heavy atom. The predicted molar refractivity (Wildman–Crippen MR) is 341 cm³/mol. The van der Waals surface area contributed by atoms with Gasteiger partial charge < -0.3 is 28.1 Å². The molecule has 2 rings (SSSR count). The Morgan fingerprint density at radius 2 is 0.541 bits per heavy atom. The molecule has 476 valence electrons. The molecule has 0 spiro atoms. The van der Waals surface area contributed by atoms with Gasteiger partial charge in [-0.05, 0) is 127 Å². The minimum absolute atomic E-state index is 0. The predicted octanol–water partition coefficient (Wildman–Crippen LogP) is 17.8. The Hall–Kier alpha value is -3.64. The van der Waals surface area contributed by atoms with Gasteiger partial charge in [0.2, 0.25) is 0 Å². The smallest absolute Gasteiger partial charge is 0.744 e. The Balaban J connectivity index is 0.00000164. The minimum atomic E-state index is -5.00. The van der Waals surface area contributed by atoms with Crippen molar-refractivity contribution in [3.8, 4) is 0 Å². The summed E-state index contributed by atoms with van der Waals surface area (Å²) in [6.07, 6.45) is 55.5. The summed E-state index contributed by atoms with van der Waals surface area (Å²) >= 11 is 0. The van der Waals surface area contributed by atoms with E-state index in [4.69, 9.17) is 18.9 Å². The van der Waals surface area contributed by atoms with E-state index in [1.165, 1.54) is 88.5 Å². The molecular weight excluding hydrogens is 1140 g/mol. The largest absolute Gasteiger partial charge is 2.00 e. The molecule has 0 heterocycles. The van der Waals surface area contributed by atoms with Gasteiger partial charge >= 0.3 is 61.6 Å². The minimum Gasteiger partial charge on any atom is -0.744 e. The second-order valence-corrected chi connectivity index (χ2v) is 24.1. The van der Waals surface area contributed by atoms with Crippen molar-refractivity contribution >= 4 is 81.9 Å². The number of ether oxygens (including phenoxy) is 4. The first-order valence-electron chi connectivity index (χ1n) is 32.1. The molecule has 17 heteroatoms. The van der Waals surface area contributed by atoms with E-state index in [1.807, 2.05) is 0 Å². The third-order valence-electron chi connectivity index (χ3n) is 14.0. The van der Waals surface area contributed by atoms with Gasteiger partial charge in [0, 0.05) is 0 Å². The molecule has 0 aromatic heterocycles. The fraction of sp³-hybridized carbons (Fsp3) is 0.647. The summed E-state index contributed by atoms with van der Waals surface area (Å²) < 4.78 is 92.4. The summed E-state index contributed by atoms with van der Waals surface area (Å²) in [5, 5.41) is 0. The molecule has 0 radical (unpaired) electrons. The average Bonchev–Trinajstić information content (AvgIpc) is 3.62. The summed E-state index contributed by atoms with van der Waals surface area (Å²) in [6, 6.07) is 7.15. The Bertz CT molecular complexity index is 2260. The molecule has 0 aliphatic rings. The summed E-state index contributed by atoms with van der Waals surface area (Å²) in [6.45, 7) is 8.99. The summed E-state index contributed by atoms with van der Waals surface area (Å²) in [7, 11) is -10.0. The van der Waals surface area contributed by atoms with Crippen LogP contribution in [0.4, 0.5) is 0 Å². The third-order valence-corrected chi connectivity index (χ3v) is 15.8. The van der Waals surface area contributed by atoms with Crippen molar-refractivity contribution in [3.63, 3.8) is 0 Å². The van der Waals surface area contributed by atoms with E-state index in [9.17, 15) is 45.1 Å². The molecule has 0 fully saturated rings. The number of carbonyl (C=O) groups excluding carboxylic acids is 4. The van der Waals surface area contributed by atoms with Crippen molar-refractivity contribution in [1.29, 1.82) is 0 Å². The molecule has 0 N–H and O–H groups in total. The van der Waals surface area contributed by atoms with E-state index >= 15 is 0 Å². The molecule has 0 atom stereocenters. The van der Waals surface area contributed by atoms with E-state index in [2.05, 4.69) is 76.3 Å². The van der Waals surface area contributed by atoms with Gasteiger partial charge in [-0.15, -0.1) is 0 Å². The number of esters is 4. The SMILES string of the molecule is CC/C=C/CCCCCCCCCOC(=O)c1cccc(S(=O)(=O)[O-])c1C(=O)OCCCCCCCCC/C=C/CC.CC/C=C/CCCCCCCCCOC(=O)c1cccc(S(=O)(=O)[O-])c1C(=O)OCCCCCCCCC/C=C/CC.[Ca+2]. The maximum Gasteiger partial charge on any atom is 2.00 e. The molecule has 0 aliphatic heterocycles. The zero-order valence-electron chi connectivity index (χ0n) is 52.6. The van der Waals surface area contributed by atoms with Crippen molar-refractivity contribution in [2.75, 3.05) is 26.4 Å². The summed E-state index contributed by atoms with van der Waals surface area (Å²) in [5.41, 5.74) is -1.60. The van der Waals surface area contributed by atoms with Crippen molar-refractivity contribution < 1.29 is 64.1 Å². The molecule has 0 aliphatic carbocycles. The van der Waals surface area contributed by atoms with Crippen LogP contribution in [0.2, 0.25) is 0 Å². The number of carbonyl (C=O) groups is 4. The van der Waals surface area contributed by atoms with Crippen molar-refractivity contribution in [1.82, 2.24) is 0 Å². The van der Waals surface area contributed by atoms with Crippen LogP contribution in [0.25, 0.3) is 0 Å². The summed E-state index contributed by atoms with van der Waals surface area (Å²) in [5.74, 6) is -3.67. The average molecular weight is 1250 g/mol. The Labute approximate surface area is 544 Å². The van der Waals surface area contributed by atoms with E-state index in [-0.39, 0.29) is 75.3 Å². The van der Waals surface area contributed by atoms with Gasteiger partial charge in [-0.25, -0.2) is 36.0 Å². The normalized spacial score (nSPS) is 11.7. The first kappa shape index (κ1) is 81.4. The molecule has 0 saturated carbocycles. The van der Waals surface area contributed by atoms with Crippen molar-refractivity contribution in [2.24, 2.45) is 0 Å². The van der Waals surface area contributed by atoms with Crippen LogP contribution in [0, 0.1) is 0 Å². The van der Waals surface area contributed by atoms with Gasteiger partial charge in [0.05, 0.1) is 58.5 Å². The van der Waals surface area contributed by atoms with Crippen LogP contribution in [-0.2, 0) is 39.2 Å². The van der Waals surface area contributed by atoms with Crippen molar-refractivity contribution in [2.45, 2.75) is 269 Å². The van der Waals surface area contributed by atoms with Crippen LogP contribution in [0.5, 0.6) is 0 Å². The Kier molecular flexibility index (Phi) is 52.2. The number of allylic oxidation sites excluding steroid dienone is 8. The maximum atomic E-state index is 12.9. The molecule has 0 saturated heterocycles. The fourth-order valence-electron chi connectivity index (χ4n) is 9.33. The second-order valence-electron chi connectivity index (χ2n) is 21.4. The zero-order chi connectivity index (χ0) is 61.8. The topological polar surface area (TPSA) is 220 Å². The molecule has 0 amide bonds. The quantitative estimate of drug-likeness (QED) is 0.0150. The zero-order valence-corrected chi connectivity index (χ0v) is 56.4. The number of hydrogen-bond acceptors (Lipinski definition) is 14. The number of hydrogen-bond donors (Lipinski definition) is 0. The standard InChI is InChI=1S/2C34H54O7S.Ca/c2*1-3-5-7-9-11-13-15-17-19-21-23-28-40-33(35)30-26-25-27-31(42(37,38)39)32(30)34(36)41-29-24-22-20-18-16-14-12-10-8-6-4-2;/h2*5-8,25-27H,3-4,9-24,28-29H2,1-2H3,(H,37,38,39);/q;;+2/p-2/b2*7-5+,8-6+;. The molecule has 0 unspecified atom stereocenters. The maximum absolute atomic E-state index is 12.9. The van der Waals surface area contributed by atoms with Gasteiger partial charge in [-0.3, -0.25) is 0 Å². The van der Waals surface area contributed by atoms with E-state index < -0.39 is 65.0 Å². The van der Waals surface area contributed by atoms with Gasteiger partial charge in [-0.1, -0.05) is 217 Å². The van der Waals surface area contributed by atoms with Gasteiger partial charge in [0.15, 0.2) is 0 Å². The van der Waals surface area contributed by atoms with Crippen LogP contribution >= 0.6 is 0 Å². The van der Waals surface area contributed by atoms with Crippen LogP contribution in [0.15, 0.2) is 94.8 Å². The molecule has 14 nitrogen and oxygen atoms in total. The van der Waals surface area contributed by atoms with Gasteiger partial charge in [-0.2, -0.15) is 0 Å². The first-order chi connectivity index (χ1) is 40.6. The van der Waals surface area contributed by atoms with Gasteiger partial charge in [0.25, 0.3) is 0 Å². The van der Waals surface area contributed by atoms with Gasteiger partial charge in [0.1, 0.15) is 20.2 Å². The molecule has 85 heavy (non-hydrogen) atoms. The van der Waals surface area contributed by atoms with Crippen LogP contribution in [-0.4, -0.2) is 114 Å². The second kappa shape index (κ2) is 54.5. The Morgan fingerprint density at radius 1 is 0.329 bits per heavy atom. The third kappa shape index (κ3) is 42.0. The molecule has 2 aromatic rings. The van der Waals surface area contributed by atoms with Crippen LogP contribution in [0.1, 0.15) is 300 Å². The summed E-state index contributed by atoms with van der Waals surface area (Å²) in [4.78, 5) is 49.7. The first-order valence-corrected chi connectivity index (χ1v) is 34.9.